The maximum Gasteiger partial charge on any atom is 0.351 e. The smallest absolute Gasteiger partial charge is 0.351 e. The van der Waals surface area contributed by atoms with Gasteiger partial charge in [0, 0.05) is 29.7 Å². The summed E-state index contributed by atoms with van der Waals surface area (Å²) in [5.74, 6) is 0.0603. The molecule has 0 aliphatic heterocycles. The van der Waals surface area contributed by atoms with Crippen molar-refractivity contribution < 1.29 is 5.06 Å². The number of tetrazole rings is 1. The van der Waals surface area contributed by atoms with E-state index in [9.17, 15) is 5.21 Å². The molecule has 3 aromatic heterocycles. The molecule has 8 nitrogen and oxygen atoms in total. The van der Waals surface area contributed by atoms with Crippen LogP contribution >= 0.6 is 23.2 Å². The van der Waals surface area contributed by atoms with Gasteiger partial charge in [-0.25, -0.2) is 0 Å². The number of hydrogen-bond acceptors (Lipinski definition) is 6. The second-order valence-electron chi connectivity index (χ2n) is 5.84. The Kier molecular flexibility index (Phi) is 5.27. The molecule has 1 N–H and O–H groups in total. The molecule has 0 amide bonds. The van der Waals surface area contributed by atoms with Crippen LogP contribution in [-0.4, -0.2) is 30.2 Å². The largest absolute Gasteiger partial charge is 0.626 e. The van der Waals surface area contributed by atoms with Crippen LogP contribution in [0.1, 0.15) is 5.56 Å². The summed E-state index contributed by atoms with van der Waals surface area (Å²) in [5.41, 5.74) is 2.68. The van der Waals surface area contributed by atoms with Crippen LogP contribution in [0.25, 0.3) is 16.9 Å². The third-order valence-electron chi connectivity index (χ3n) is 4.06. The molecule has 0 radical (unpaired) electrons. The first-order valence-corrected chi connectivity index (χ1v) is 9.01. The van der Waals surface area contributed by atoms with E-state index in [1.807, 2.05) is 18.2 Å². The average Bonchev–Trinajstić information content (AvgIpc) is 3.21. The lowest BCUT2D eigenvalue weighted by Crippen LogP contribution is -3.01. The summed E-state index contributed by atoms with van der Waals surface area (Å²) in [6.45, 7) is 0.0661. The first kappa shape index (κ1) is 18.5. The fourth-order valence-electron chi connectivity index (χ4n) is 2.78. The van der Waals surface area contributed by atoms with E-state index in [0.717, 1.165) is 11.1 Å². The molecule has 1 aromatic carbocycles. The Morgan fingerprint density at radius 1 is 1.04 bits per heavy atom. The molecule has 1 unspecified atom stereocenters. The molecule has 28 heavy (non-hydrogen) atoms. The van der Waals surface area contributed by atoms with Gasteiger partial charge in [0.25, 0.3) is 0 Å². The number of nitrogens with zero attached hydrogens (tertiary/aromatic N) is 6. The van der Waals surface area contributed by atoms with Crippen LogP contribution in [0.2, 0.25) is 10.0 Å². The van der Waals surface area contributed by atoms with Gasteiger partial charge < -0.3 is 10.3 Å². The van der Waals surface area contributed by atoms with Crippen LogP contribution in [0.4, 0.5) is 5.95 Å². The van der Waals surface area contributed by atoms with Crippen molar-refractivity contribution in [2.45, 2.75) is 6.54 Å². The Morgan fingerprint density at radius 3 is 2.71 bits per heavy atom. The lowest BCUT2D eigenvalue weighted by molar-refractivity contribution is -0.798. The molecule has 0 fully saturated rings. The normalized spacial score (nSPS) is 12.1. The van der Waals surface area contributed by atoms with Gasteiger partial charge in [-0.05, 0) is 46.8 Å². The molecule has 3 heterocycles. The lowest BCUT2D eigenvalue weighted by atomic mass is 10.1. The topological polar surface area (TPSA) is 96.9 Å². The molecule has 140 valence electrons. The monoisotopic (exact) mass is 413 g/mol. The Hall–Kier alpha value is -2.91. The SMILES string of the molecule is [O-][NH+](Cc1cccnc1-c1cccnc1)c1nnnn1-c1cccc(Cl)c1Cl. The van der Waals surface area contributed by atoms with Crippen molar-refractivity contribution in [1.29, 1.82) is 0 Å². The van der Waals surface area contributed by atoms with Crippen LogP contribution in [0, 0.1) is 5.21 Å². The highest BCUT2D eigenvalue weighted by Gasteiger charge is 2.20. The van der Waals surface area contributed by atoms with Gasteiger partial charge in [0.1, 0.15) is 6.54 Å². The van der Waals surface area contributed by atoms with Crippen LogP contribution in [0.5, 0.6) is 0 Å². The van der Waals surface area contributed by atoms with Crippen LogP contribution < -0.4 is 5.06 Å². The third-order valence-corrected chi connectivity index (χ3v) is 4.86. The van der Waals surface area contributed by atoms with Gasteiger partial charge in [-0.2, -0.15) is 0 Å². The highest BCUT2D eigenvalue weighted by Crippen LogP contribution is 2.28. The number of halogens is 2. The second kappa shape index (κ2) is 7.99. The summed E-state index contributed by atoms with van der Waals surface area (Å²) >= 11 is 12.3. The molecule has 10 heteroatoms. The molecule has 0 aliphatic carbocycles. The van der Waals surface area contributed by atoms with Gasteiger partial charge in [0.05, 0.1) is 21.4 Å². The zero-order valence-corrected chi connectivity index (χ0v) is 15.8. The van der Waals surface area contributed by atoms with E-state index in [-0.39, 0.29) is 22.6 Å². The van der Waals surface area contributed by atoms with E-state index >= 15 is 0 Å². The standard InChI is InChI=1S/C18H13Cl2N7O/c19-14-6-1-7-15(16(14)20)27-18(23-24-25-27)26(28)11-13-5-3-9-22-17(13)12-4-2-8-21-10-12/h1-10,26H,11H2. The number of nitrogens with one attached hydrogen (secondary N) is 1. The quantitative estimate of drug-likeness (QED) is 0.505. The van der Waals surface area contributed by atoms with Gasteiger partial charge in [-0.1, -0.05) is 34.4 Å². The Morgan fingerprint density at radius 2 is 1.89 bits per heavy atom. The minimum atomic E-state index is -0.279. The van der Waals surface area contributed by atoms with Crippen molar-refractivity contribution in [3.8, 4) is 16.9 Å². The summed E-state index contributed by atoms with van der Waals surface area (Å²) in [5, 5.41) is 24.7. The summed E-state index contributed by atoms with van der Waals surface area (Å²) in [6, 6.07) is 12.4. The van der Waals surface area contributed by atoms with Crippen LogP contribution in [0.3, 0.4) is 0 Å². The zero-order valence-electron chi connectivity index (χ0n) is 14.3. The molecule has 4 rings (SSSR count). The minimum Gasteiger partial charge on any atom is -0.626 e. The summed E-state index contributed by atoms with van der Waals surface area (Å²) < 4.78 is 1.29. The molecule has 0 saturated carbocycles. The van der Waals surface area contributed by atoms with Crippen LogP contribution in [0.15, 0.2) is 61.1 Å². The molecule has 0 saturated heterocycles. The molecular weight excluding hydrogens is 401 g/mol. The highest BCUT2D eigenvalue weighted by atomic mass is 35.5. The number of benzene rings is 1. The lowest BCUT2D eigenvalue weighted by Gasteiger charge is -2.21. The number of hydrogen-bond donors (Lipinski definition) is 1. The Labute approximate surface area is 170 Å². The molecule has 1 atom stereocenters. The van der Waals surface area contributed by atoms with Crippen molar-refractivity contribution in [3.63, 3.8) is 0 Å². The van der Waals surface area contributed by atoms with Gasteiger partial charge in [0.15, 0.2) is 0 Å². The molecule has 0 bridgehead atoms. The van der Waals surface area contributed by atoms with Gasteiger partial charge in [0.2, 0.25) is 0 Å². The van der Waals surface area contributed by atoms with E-state index in [2.05, 4.69) is 25.5 Å². The second-order valence-corrected chi connectivity index (χ2v) is 6.63. The van der Waals surface area contributed by atoms with Crippen molar-refractivity contribution in [1.82, 2.24) is 30.2 Å². The summed E-state index contributed by atoms with van der Waals surface area (Å²) in [4.78, 5) is 8.51. The zero-order chi connectivity index (χ0) is 19.5. The number of quaternary nitrogens is 1. The van der Waals surface area contributed by atoms with Crippen molar-refractivity contribution >= 4 is 29.2 Å². The Balaban J connectivity index is 1.68. The average molecular weight is 414 g/mol. The number of rotatable bonds is 5. The van der Waals surface area contributed by atoms with Gasteiger partial charge in [-0.3, -0.25) is 9.97 Å². The highest BCUT2D eigenvalue weighted by molar-refractivity contribution is 6.43. The maximum absolute atomic E-state index is 13.0. The van der Waals surface area contributed by atoms with Crippen molar-refractivity contribution in [3.05, 3.63) is 81.9 Å². The van der Waals surface area contributed by atoms with E-state index in [1.54, 1.807) is 42.9 Å². The van der Waals surface area contributed by atoms with E-state index < -0.39 is 0 Å². The van der Waals surface area contributed by atoms with E-state index in [0.29, 0.717) is 16.4 Å². The predicted octanol–water partition coefficient (Wildman–Crippen LogP) is 2.64. The first-order valence-electron chi connectivity index (χ1n) is 8.25. The fraction of sp³-hybridized carbons (Fsp3) is 0.0556. The van der Waals surface area contributed by atoms with Crippen molar-refractivity contribution in [2.24, 2.45) is 0 Å². The molecule has 0 spiro atoms. The minimum absolute atomic E-state index is 0.0603. The molecular formula is C18H13Cl2N7O. The van der Waals surface area contributed by atoms with Crippen LogP contribution in [-0.2, 0) is 6.54 Å². The molecule has 0 aliphatic rings. The van der Waals surface area contributed by atoms with E-state index in [4.69, 9.17) is 23.2 Å². The van der Waals surface area contributed by atoms with Crippen molar-refractivity contribution in [2.75, 3.05) is 0 Å². The fourth-order valence-corrected chi connectivity index (χ4v) is 3.15. The Bertz CT molecular complexity index is 1100. The number of pyridine rings is 2. The van der Waals surface area contributed by atoms with E-state index in [1.165, 1.54) is 4.68 Å². The third kappa shape index (κ3) is 3.58. The summed E-state index contributed by atoms with van der Waals surface area (Å²) in [6.07, 6.45) is 5.05. The van der Waals surface area contributed by atoms with Gasteiger partial charge in [-0.15, -0.1) is 4.68 Å². The first-order chi connectivity index (χ1) is 13.6. The predicted molar refractivity (Wildman–Crippen MR) is 104 cm³/mol. The summed E-state index contributed by atoms with van der Waals surface area (Å²) in [7, 11) is 0. The molecule has 4 aromatic rings. The number of hydroxylamine groups is 1. The maximum atomic E-state index is 13.0. The number of aromatic nitrogens is 6. The van der Waals surface area contributed by atoms with Gasteiger partial charge >= 0.3 is 5.95 Å².